The molecule has 0 saturated carbocycles. The second-order valence-electron chi connectivity index (χ2n) is 9.54. The fraction of sp³-hybridized carbons (Fsp3) is 0.407. The van der Waals surface area contributed by atoms with Crippen LogP contribution in [0.2, 0.25) is 0 Å². The summed E-state index contributed by atoms with van der Waals surface area (Å²) in [5.41, 5.74) is 5.27. The summed E-state index contributed by atoms with van der Waals surface area (Å²) >= 11 is 0. The number of rotatable bonds is 11. The molecule has 0 bridgehead atoms. The summed E-state index contributed by atoms with van der Waals surface area (Å²) in [5, 5.41) is 15.4. The average molecular weight is 529 g/mol. The Labute approximate surface area is 222 Å². The maximum absolute atomic E-state index is 13.8. The highest BCUT2D eigenvalue weighted by atomic mass is 16.6. The van der Waals surface area contributed by atoms with E-state index in [2.05, 4.69) is 10.6 Å². The first-order valence-electron chi connectivity index (χ1n) is 12.2. The number of aromatic hydroxyl groups is 1. The zero-order chi connectivity index (χ0) is 28.5. The van der Waals surface area contributed by atoms with E-state index in [0.717, 1.165) is 0 Å². The van der Waals surface area contributed by atoms with Crippen LogP contribution < -0.4 is 21.1 Å². The Morgan fingerprint density at radius 2 is 1.74 bits per heavy atom. The summed E-state index contributed by atoms with van der Waals surface area (Å²) in [6.07, 6.45) is -1.14. The zero-order valence-corrected chi connectivity index (χ0v) is 22.3. The first-order valence-corrected chi connectivity index (χ1v) is 12.2. The quantitative estimate of drug-likeness (QED) is 0.348. The Morgan fingerprint density at radius 1 is 1.08 bits per heavy atom. The van der Waals surface area contributed by atoms with E-state index < -0.39 is 41.5 Å². The van der Waals surface area contributed by atoms with Gasteiger partial charge in [0.2, 0.25) is 11.8 Å². The Kier molecular flexibility index (Phi) is 10.5. The van der Waals surface area contributed by atoms with E-state index in [1.54, 1.807) is 64.1 Å². The molecule has 206 valence electrons. The van der Waals surface area contributed by atoms with Crippen molar-refractivity contribution in [2.75, 3.05) is 19.0 Å². The van der Waals surface area contributed by atoms with Gasteiger partial charge in [-0.1, -0.05) is 12.1 Å². The highest BCUT2D eigenvalue weighted by Gasteiger charge is 2.36. The first-order chi connectivity index (χ1) is 17.8. The molecular formula is C27H36N4O7. The standard InChI is InChI=1S/C27H36N4O7/c1-6-31(25(35)21(14-15-22(28)33)30-26(36)38-27(2,3)4)23(17-8-7-9-19(32)16-17)24(34)29-18-10-12-20(37-5)13-11-18/h7-13,16,21,23,32H,6,14-15H2,1-5H3,(H2,28,33)(H,29,34)(H,30,36). The number of phenols is 1. The number of ether oxygens (including phenoxy) is 2. The van der Waals surface area contributed by atoms with Gasteiger partial charge in [0.1, 0.15) is 29.2 Å². The molecule has 11 heteroatoms. The van der Waals surface area contributed by atoms with Crippen molar-refractivity contribution in [3.63, 3.8) is 0 Å². The van der Waals surface area contributed by atoms with Crippen LogP contribution in [0.4, 0.5) is 10.5 Å². The van der Waals surface area contributed by atoms with Gasteiger partial charge in [-0.2, -0.15) is 0 Å². The van der Waals surface area contributed by atoms with Crippen LogP contribution in [0, 0.1) is 0 Å². The summed E-state index contributed by atoms with van der Waals surface area (Å²) in [7, 11) is 1.52. The van der Waals surface area contributed by atoms with Gasteiger partial charge in [-0.15, -0.1) is 0 Å². The van der Waals surface area contributed by atoms with Gasteiger partial charge in [-0.25, -0.2) is 4.79 Å². The Bertz CT molecular complexity index is 1130. The third-order valence-corrected chi connectivity index (χ3v) is 5.40. The number of nitrogens with zero attached hydrogens (tertiary/aromatic N) is 1. The molecule has 0 aliphatic carbocycles. The minimum absolute atomic E-state index is 0.0677. The number of likely N-dealkylation sites (N-methyl/N-ethyl adjacent to an activating group) is 1. The third-order valence-electron chi connectivity index (χ3n) is 5.40. The van der Waals surface area contributed by atoms with E-state index in [-0.39, 0.29) is 25.1 Å². The molecule has 0 fully saturated rings. The lowest BCUT2D eigenvalue weighted by molar-refractivity contribution is -0.140. The molecule has 0 saturated heterocycles. The van der Waals surface area contributed by atoms with E-state index in [4.69, 9.17) is 15.2 Å². The Morgan fingerprint density at radius 3 is 2.26 bits per heavy atom. The maximum Gasteiger partial charge on any atom is 0.408 e. The predicted molar refractivity (Wildman–Crippen MR) is 141 cm³/mol. The van der Waals surface area contributed by atoms with Gasteiger partial charge in [0.15, 0.2) is 0 Å². The number of alkyl carbamates (subject to hydrolysis) is 1. The molecule has 2 aromatic carbocycles. The third kappa shape index (κ3) is 8.99. The topological polar surface area (TPSA) is 160 Å². The molecule has 2 atom stereocenters. The number of nitrogens with one attached hydrogen (secondary N) is 2. The summed E-state index contributed by atoms with van der Waals surface area (Å²) in [6.45, 7) is 6.76. The molecule has 4 amide bonds. The molecule has 0 radical (unpaired) electrons. The van der Waals surface area contributed by atoms with Gasteiger partial charge in [-0.3, -0.25) is 14.4 Å². The molecule has 0 aromatic heterocycles. The van der Waals surface area contributed by atoms with E-state index in [1.165, 1.54) is 24.1 Å². The molecule has 5 N–H and O–H groups in total. The number of nitrogens with two attached hydrogens (primary N) is 1. The zero-order valence-electron chi connectivity index (χ0n) is 22.3. The number of hydrogen-bond donors (Lipinski definition) is 4. The molecule has 2 aromatic rings. The average Bonchev–Trinajstić information content (AvgIpc) is 2.83. The molecule has 2 unspecified atom stereocenters. The van der Waals surface area contributed by atoms with Crippen LogP contribution in [0.5, 0.6) is 11.5 Å². The minimum Gasteiger partial charge on any atom is -0.508 e. The maximum atomic E-state index is 13.8. The number of methoxy groups -OCH3 is 1. The molecule has 11 nitrogen and oxygen atoms in total. The van der Waals surface area contributed by atoms with E-state index in [9.17, 15) is 24.3 Å². The molecule has 0 aliphatic heterocycles. The largest absolute Gasteiger partial charge is 0.508 e. The number of carbonyl (C=O) groups is 4. The van der Waals surface area contributed by atoms with Crippen LogP contribution in [0.1, 0.15) is 52.1 Å². The minimum atomic E-state index is -1.20. The molecule has 0 spiro atoms. The van der Waals surface area contributed by atoms with Crippen LogP contribution in [0.15, 0.2) is 48.5 Å². The summed E-state index contributed by atoms with van der Waals surface area (Å²) < 4.78 is 10.4. The van der Waals surface area contributed by atoms with E-state index in [0.29, 0.717) is 17.0 Å². The number of phenolic OH excluding ortho intramolecular Hbond substituents is 1. The molecule has 0 aliphatic rings. The van der Waals surface area contributed by atoms with Crippen molar-refractivity contribution >= 4 is 29.5 Å². The lowest BCUT2D eigenvalue weighted by Crippen LogP contribution is -2.52. The smallest absolute Gasteiger partial charge is 0.408 e. The fourth-order valence-electron chi connectivity index (χ4n) is 3.71. The van der Waals surface area contributed by atoms with Gasteiger partial charge >= 0.3 is 6.09 Å². The molecular weight excluding hydrogens is 492 g/mol. The number of amides is 4. The van der Waals surface area contributed by atoms with Gasteiger partial charge in [-0.05, 0) is 76.1 Å². The SMILES string of the molecule is CCN(C(=O)C(CCC(N)=O)NC(=O)OC(C)(C)C)C(C(=O)Nc1ccc(OC)cc1)c1cccc(O)c1. The van der Waals surface area contributed by atoms with Crippen LogP contribution in [-0.2, 0) is 19.1 Å². The summed E-state index contributed by atoms with van der Waals surface area (Å²) in [5.74, 6) is -1.33. The highest BCUT2D eigenvalue weighted by Crippen LogP contribution is 2.27. The number of primary amides is 1. The monoisotopic (exact) mass is 528 g/mol. The van der Waals surface area contributed by atoms with Crippen LogP contribution >= 0.6 is 0 Å². The second-order valence-corrected chi connectivity index (χ2v) is 9.54. The molecule has 0 heterocycles. The lowest BCUT2D eigenvalue weighted by Gasteiger charge is -2.33. The Balaban J connectivity index is 2.44. The van der Waals surface area contributed by atoms with Crippen molar-refractivity contribution in [2.24, 2.45) is 5.73 Å². The fourth-order valence-corrected chi connectivity index (χ4v) is 3.71. The predicted octanol–water partition coefficient (Wildman–Crippen LogP) is 3.09. The van der Waals surface area contributed by atoms with Crippen molar-refractivity contribution in [1.82, 2.24) is 10.2 Å². The van der Waals surface area contributed by atoms with Crippen LogP contribution in [-0.4, -0.2) is 59.1 Å². The number of hydrogen-bond acceptors (Lipinski definition) is 7. The van der Waals surface area contributed by atoms with Gasteiger partial charge in [0.25, 0.3) is 5.91 Å². The summed E-state index contributed by atoms with van der Waals surface area (Å²) in [6, 6.07) is 10.2. The Hall–Kier alpha value is -4.28. The number of anilines is 1. The summed E-state index contributed by atoms with van der Waals surface area (Å²) in [4.78, 5) is 52.6. The lowest BCUT2D eigenvalue weighted by atomic mass is 10.0. The van der Waals surface area contributed by atoms with Crippen molar-refractivity contribution in [3.8, 4) is 11.5 Å². The molecule has 38 heavy (non-hydrogen) atoms. The van der Waals surface area contributed by atoms with E-state index >= 15 is 0 Å². The van der Waals surface area contributed by atoms with Crippen molar-refractivity contribution in [3.05, 3.63) is 54.1 Å². The van der Waals surface area contributed by atoms with E-state index in [1.807, 2.05) is 0 Å². The van der Waals surface area contributed by atoms with Crippen molar-refractivity contribution in [1.29, 1.82) is 0 Å². The van der Waals surface area contributed by atoms with Crippen LogP contribution in [0.25, 0.3) is 0 Å². The van der Waals surface area contributed by atoms with Crippen molar-refractivity contribution < 1.29 is 33.8 Å². The number of benzene rings is 2. The number of carbonyl (C=O) groups excluding carboxylic acids is 4. The molecule has 2 rings (SSSR count). The highest BCUT2D eigenvalue weighted by molar-refractivity contribution is 5.99. The van der Waals surface area contributed by atoms with Gasteiger partial charge in [0, 0.05) is 18.7 Å². The second kappa shape index (κ2) is 13.3. The van der Waals surface area contributed by atoms with Gasteiger partial charge in [0.05, 0.1) is 7.11 Å². The van der Waals surface area contributed by atoms with Crippen LogP contribution in [0.3, 0.4) is 0 Å². The first kappa shape index (κ1) is 29.9. The van der Waals surface area contributed by atoms with Gasteiger partial charge < -0.3 is 35.8 Å². The normalized spacial score (nSPS) is 12.6. The van der Waals surface area contributed by atoms with Crippen molar-refractivity contribution in [2.45, 2.75) is 58.2 Å².